The Hall–Kier alpha value is -2.43. The predicted molar refractivity (Wildman–Crippen MR) is 86.4 cm³/mol. The SMILES string of the molecule is CC(=O)N1c2ccc(F)cc2C(Nc2ccc(F)cc2)CC1C. The van der Waals surface area contributed by atoms with Gasteiger partial charge in [-0.05, 0) is 55.8 Å². The lowest BCUT2D eigenvalue weighted by atomic mass is 9.91. The second-order valence-electron chi connectivity index (χ2n) is 5.88. The number of halogens is 2. The number of anilines is 2. The van der Waals surface area contributed by atoms with Crippen molar-refractivity contribution in [2.75, 3.05) is 10.2 Å². The van der Waals surface area contributed by atoms with Crippen LogP contribution in [-0.4, -0.2) is 11.9 Å². The molecule has 0 fully saturated rings. The molecule has 1 amide bonds. The average Bonchev–Trinajstić information content (AvgIpc) is 2.49. The number of fused-ring (bicyclic) bond motifs is 1. The van der Waals surface area contributed by atoms with Gasteiger partial charge in [-0.2, -0.15) is 0 Å². The second-order valence-corrected chi connectivity index (χ2v) is 5.88. The van der Waals surface area contributed by atoms with Gasteiger partial charge < -0.3 is 10.2 Å². The minimum atomic E-state index is -0.340. The Morgan fingerprint density at radius 1 is 1.13 bits per heavy atom. The summed E-state index contributed by atoms with van der Waals surface area (Å²) in [6, 6.07) is 10.4. The summed E-state index contributed by atoms with van der Waals surface area (Å²) in [6.45, 7) is 3.48. The molecule has 1 heterocycles. The number of nitrogens with zero attached hydrogens (tertiary/aromatic N) is 1. The van der Waals surface area contributed by atoms with Crippen molar-refractivity contribution < 1.29 is 13.6 Å². The van der Waals surface area contributed by atoms with Crippen molar-refractivity contribution in [3.8, 4) is 0 Å². The third-order valence-corrected chi connectivity index (χ3v) is 4.17. The highest BCUT2D eigenvalue weighted by Gasteiger charge is 2.32. The summed E-state index contributed by atoms with van der Waals surface area (Å²) in [5, 5.41) is 3.31. The normalized spacial score (nSPS) is 20.1. The van der Waals surface area contributed by atoms with Crippen LogP contribution in [0, 0.1) is 11.6 Å². The fourth-order valence-electron chi connectivity index (χ4n) is 3.20. The zero-order valence-electron chi connectivity index (χ0n) is 13.0. The Balaban J connectivity index is 1.98. The van der Waals surface area contributed by atoms with Gasteiger partial charge >= 0.3 is 0 Å². The van der Waals surface area contributed by atoms with Gasteiger partial charge in [-0.1, -0.05) is 0 Å². The van der Waals surface area contributed by atoms with E-state index in [0.717, 1.165) is 16.9 Å². The molecule has 3 nitrogen and oxygen atoms in total. The standard InChI is InChI=1S/C18H18F2N2O/c1-11-9-17(21-15-6-3-13(19)4-7-15)16-10-14(20)5-8-18(16)22(11)12(2)23/h3-8,10-11,17,21H,9H2,1-2H3. The monoisotopic (exact) mass is 316 g/mol. The molecule has 0 spiro atoms. The Morgan fingerprint density at radius 2 is 1.78 bits per heavy atom. The van der Waals surface area contributed by atoms with E-state index in [1.54, 1.807) is 23.1 Å². The van der Waals surface area contributed by atoms with E-state index in [0.29, 0.717) is 6.42 Å². The quantitative estimate of drug-likeness (QED) is 0.897. The zero-order chi connectivity index (χ0) is 16.6. The summed E-state index contributed by atoms with van der Waals surface area (Å²) >= 11 is 0. The average molecular weight is 316 g/mol. The number of carbonyl (C=O) groups excluding carboxylic acids is 1. The van der Waals surface area contributed by atoms with Crippen molar-refractivity contribution in [2.24, 2.45) is 0 Å². The third-order valence-electron chi connectivity index (χ3n) is 4.17. The molecule has 5 heteroatoms. The molecule has 0 bridgehead atoms. The van der Waals surface area contributed by atoms with Crippen LogP contribution in [-0.2, 0) is 4.79 Å². The van der Waals surface area contributed by atoms with Crippen LogP contribution in [0.25, 0.3) is 0 Å². The Morgan fingerprint density at radius 3 is 2.43 bits per heavy atom. The maximum Gasteiger partial charge on any atom is 0.224 e. The molecule has 3 rings (SSSR count). The fourth-order valence-corrected chi connectivity index (χ4v) is 3.20. The van der Waals surface area contributed by atoms with E-state index in [1.807, 2.05) is 6.92 Å². The first-order chi connectivity index (χ1) is 11.0. The topological polar surface area (TPSA) is 32.3 Å². The van der Waals surface area contributed by atoms with Crippen LogP contribution in [0.2, 0.25) is 0 Å². The van der Waals surface area contributed by atoms with Crippen LogP contribution in [0.3, 0.4) is 0 Å². The molecular formula is C18H18F2N2O. The van der Waals surface area contributed by atoms with Crippen LogP contribution < -0.4 is 10.2 Å². The van der Waals surface area contributed by atoms with Crippen molar-refractivity contribution in [3.63, 3.8) is 0 Å². The minimum absolute atomic E-state index is 0.0107. The Labute approximate surface area is 133 Å². The molecule has 1 aliphatic heterocycles. The van der Waals surface area contributed by atoms with E-state index in [2.05, 4.69) is 5.32 Å². The number of nitrogens with one attached hydrogen (secondary N) is 1. The molecule has 2 atom stereocenters. The van der Waals surface area contributed by atoms with Gasteiger partial charge in [0.1, 0.15) is 11.6 Å². The molecule has 1 aliphatic rings. The van der Waals surface area contributed by atoms with E-state index in [-0.39, 0.29) is 29.6 Å². The van der Waals surface area contributed by atoms with Crippen LogP contribution in [0.1, 0.15) is 31.9 Å². The van der Waals surface area contributed by atoms with E-state index in [9.17, 15) is 13.6 Å². The van der Waals surface area contributed by atoms with Gasteiger partial charge in [0, 0.05) is 29.9 Å². The van der Waals surface area contributed by atoms with Crippen molar-refractivity contribution >= 4 is 17.3 Å². The van der Waals surface area contributed by atoms with E-state index >= 15 is 0 Å². The Kier molecular flexibility index (Phi) is 4.03. The second kappa shape index (κ2) is 5.99. The third kappa shape index (κ3) is 3.04. The summed E-state index contributed by atoms with van der Waals surface area (Å²) in [6.07, 6.45) is 0.646. The lowest BCUT2D eigenvalue weighted by Crippen LogP contribution is -2.43. The molecule has 2 aromatic rings. The van der Waals surface area contributed by atoms with Crippen molar-refractivity contribution in [2.45, 2.75) is 32.4 Å². The highest BCUT2D eigenvalue weighted by Crippen LogP contribution is 2.39. The molecule has 2 unspecified atom stereocenters. The first-order valence-electron chi connectivity index (χ1n) is 7.57. The summed E-state index contributed by atoms with van der Waals surface area (Å²) in [5.41, 5.74) is 2.22. The minimum Gasteiger partial charge on any atom is -0.378 e. The van der Waals surface area contributed by atoms with Crippen LogP contribution in [0.15, 0.2) is 42.5 Å². The van der Waals surface area contributed by atoms with E-state index in [1.165, 1.54) is 31.2 Å². The maximum atomic E-state index is 13.7. The van der Waals surface area contributed by atoms with Gasteiger partial charge in [-0.25, -0.2) is 8.78 Å². The molecular weight excluding hydrogens is 298 g/mol. The van der Waals surface area contributed by atoms with Gasteiger partial charge in [0.05, 0.1) is 6.04 Å². The van der Waals surface area contributed by atoms with Gasteiger partial charge in [0.2, 0.25) is 5.91 Å². The number of carbonyl (C=O) groups is 1. The van der Waals surface area contributed by atoms with Crippen LogP contribution in [0.5, 0.6) is 0 Å². The highest BCUT2D eigenvalue weighted by atomic mass is 19.1. The molecule has 0 aliphatic carbocycles. The summed E-state index contributed by atoms with van der Waals surface area (Å²) < 4.78 is 26.7. The number of amides is 1. The van der Waals surface area contributed by atoms with Gasteiger partial charge in [0.25, 0.3) is 0 Å². The molecule has 0 saturated heterocycles. The van der Waals surface area contributed by atoms with Crippen LogP contribution >= 0.6 is 0 Å². The summed E-state index contributed by atoms with van der Waals surface area (Å²) in [4.78, 5) is 13.6. The molecule has 0 radical (unpaired) electrons. The molecule has 23 heavy (non-hydrogen) atoms. The predicted octanol–water partition coefficient (Wildman–Crippen LogP) is 4.26. The number of hydrogen-bond donors (Lipinski definition) is 1. The summed E-state index contributed by atoms with van der Waals surface area (Å²) in [5.74, 6) is -0.708. The lowest BCUT2D eigenvalue weighted by Gasteiger charge is -2.39. The molecule has 2 aromatic carbocycles. The molecule has 120 valence electrons. The number of hydrogen-bond acceptors (Lipinski definition) is 2. The number of rotatable bonds is 2. The highest BCUT2D eigenvalue weighted by molar-refractivity contribution is 5.93. The number of benzene rings is 2. The van der Waals surface area contributed by atoms with E-state index < -0.39 is 0 Å². The Bertz CT molecular complexity index is 730. The maximum absolute atomic E-state index is 13.7. The van der Waals surface area contributed by atoms with Gasteiger partial charge in [0.15, 0.2) is 0 Å². The fraction of sp³-hybridized carbons (Fsp3) is 0.278. The summed E-state index contributed by atoms with van der Waals surface area (Å²) in [7, 11) is 0. The molecule has 0 saturated carbocycles. The van der Waals surface area contributed by atoms with Crippen molar-refractivity contribution in [3.05, 3.63) is 59.7 Å². The van der Waals surface area contributed by atoms with Crippen molar-refractivity contribution in [1.29, 1.82) is 0 Å². The zero-order valence-corrected chi connectivity index (χ0v) is 13.0. The van der Waals surface area contributed by atoms with E-state index in [4.69, 9.17) is 0 Å². The molecule has 1 N–H and O–H groups in total. The molecule has 0 aromatic heterocycles. The smallest absolute Gasteiger partial charge is 0.224 e. The van der Waals surface area contributed by atoms with Crippen LogP contribution in [0.4, 0.5) is 20.2 Å². The first-order valence-corrected chi connectivity index (χ1v) is 7.57. The first kappa shape index (κ1) is 15.5. The van der Waals surface area contributed by atoms with Crippen molar-refractivity contribution in [1.82, 2.24) is 0 Å². The van der Waals surface area contributed by atoms with Gasteiger partial charge in [-0.3, -0.25) is 4.79 Å². The lowest BCUT2D eigenvalue weighted by molar-refractivity contribution is -0.117. The van der Waals surface area contributed by atoms with Gasteiger partial charge in [-0.15, -0.1) is 0 Å². The largest absolute Gasteiger partial charge is 0.378 e.